The fourth-order valence-electron chi connectivity index (χ4n) is 0.500. The SMILES string of the molecule is FS(F)(F)(F)(Cl)c1ncc(Br)cn1. The number of rotatable bonds is 1. The van der Waals surface area contributed by atoms with Gasteiger partial charge in [-0.1, -0.05) is 0 Å². The Hall–Kier alpha value is -0.0800. The van der Waals surface area contributed by atoms with Crippen molar-refractivity contribution in [2.24, 2.45) is 0 Å². The van der Waals surface area contributed by atoms with Gasteiger partial charge in [0.2, 0.25) is 0 Å². The highest BCUT2D eigenvalue weighted by Crippen LogP contribution is 3.03. The van der Waals surface area contributed by atoms with Gasteiger partial charge in [0.25, 0.3) is 14.2 Å². The summed E-state index contributed by atoms with van der Waals surface area (Å²) in [6.07, 6.45) is 1.53. The van der Waals surface area contributed by atoms with Crippen molar-refractivity contribution in [3.8, 4) is 0 Å². The van der Waals surface area contributed by atoms with Crippen molar-refractivity contribution in [3.63, 3.8) is 0 Å². The smallest absolute Gasteiger partial charge is 0.223 e. The molecule has 0 aliphatic carbocycles. The minimum Gasteiger partial charge on any atom is -0.223 e. The minimum absolute atomic E-state index is 0.203. The molecule has 1 aromatic heterocycles. The van der Waals surface area contributed by atoms with Crippen LogP contribution in [0.15, 0.2) is 22.0 Å². The average Bonchev–Trinajstić information content (AvgIpc) is 1.82. The number of nitrogens with zero attached hydrogens (tertiary/aromatic N) is 2. The van der Waals surface area contributed by atoms with Gasteiger partial charge in [0, 0.05) is 23.1 Å². The van der Waals surface area contributed by atoms with Crippen molar-refractivity contribution in [2.45, 2.75) is 5.16 Å². The molecule has 0 aliphatic heterocycles. The van der Waals surface area contributed by atoms with E-state index in [1.807, 2.05) is 0 Å². The summed E-state index contributed by atoms with van der Waals surface area (Å²) in [5.41, 5.74) is 0. The van der Waals surface area contributed by atoms with E-state index in [9.17, 15) is 15.5 Å². The van der Waals surface area contributed by atoms with Crippen molar-refractivity contribution in [3.05, 3.63) is 16.9 Å². The fourth-order valence-corrected chi connectivity index (χ4v) is 1.45. The predicted octanol–water partition coefficient (Wildman–Crippen LogP) is 4.17. The van der Waals surface area contributed by atoms with Crippen LogP contribution >= 0.6 is 35.7 Å². The largest absolute Gasteiger partial charge is 0.283 e. The summed E-state index contributed by atoms with van der Waals surface area (Å²) in [6, 6.07) is 0. The minimum atomic E-state index is -8.72. The molecule has 1 rings (SSSR count). The maximum absolute atomic E-state index is 12.4. The lowest BCUT2D eigenvalue weighted by Crippen LogP contribution is -2.09. The van der Waals surface area contributed by atoms with Crippen LogP contribution in [0, 0.1) is 0 Å². The number of hydrogen-bond acceptors (Lipinski definition) is 2. The normalized spacial score (nSPS) is 17.7. The van der Waals surface area contributed by atoms with Crippen molar-refractivity contribution < 1.29 is 15.5 Å². The third-order valence-electron chi connectivity index (χ3n) is 0.942. The quantitative estimate of drug-likeness (QED) is 0.575. The second-order valence-electron chi connectivity index (χ2n) is 2.15. The van der Waals surface area contributed by atoms with E-state index in [-0.39, 0.29) is 4.47 Å². The predicted molar refractivity (Wildman–Crippen MR) is 45.9 cm³/mol. The molecule has 0 fully saturated rings. The molecule has 0 atom stereocenters. The van der Waals surface area contributed by atoms with Crippen LogP contribution in [0.3, 0.4) is 0 Å². The van der Waals surface area contributed by atoms with Crippen molar-refractivity contribution in [2.75, 3.05) is 0 Å². The van der Waals surface area contributed by atoms with Crippen LogP contribution in [0.4, 0.5) is 15.5 Å². The van der Waals surface area contributed by atoms with E-state index >= 15 is 0 Å². The Labute approximate surface area is 83.4 Å². The summed E-state index contributed by atoms with van der Waals surface area (Å²) >= 11 is 2.80. The number of hydrogen-bond donors (Lipinski definition) is 0. The van der Waals surface area contributed by atoms with Gasteiger partial charge in [0.1, 0.15) is 0 Å². The Balaban J connectivity index is 3.34. The molecule has 13 heavy (non-hydrogen) atoms. The second kappa shape index (κ2) is 2.29. The van der Waals surface area contributed by atoms with Crippen molar-refractivity contribution in [1.29, 1.82) is 0 Å². The van der Waals surface area contributed by atoms with E-state index in [4.69, 9.17) is 0 Å². The zero-order valence-electron chi connectivity index (χ0n) is 5.73. The van der Waals surface area contributed by atoms with Gasteiger partial charge >= 0.3 is 0 Å². The van der Waals surface area contributed by atoms with Crippen LogP contribution in [-0.2, 0) is 0 Å². The molecule has 0 unspecified atom stereocenters. The molecule has 0 saturated carbocycles. The summed E-state index contributed by atoms with van der Waals surface area (Å²) in [7, 11) is -4.79. The van der Waals surface area contributed by atoms with E-state index < -0.39 is 14.2 Å². The van der Waals surface area contributed by atoms with Crippen LogP contribution in [0.25, 0.3) is 0 Å². The molecule has 76 valence electrons. The van der Waals surface area contributed by atoms with E-state index in [0.29, 0.717) is 0 Å². The third kappa shape index (κ3) is 2.96. The van der Waals surface area contributed by atoms with Crippen molar-refractivity contribution >= 4 is 35.7 Å². The maximum atomic E-state index is 12.4. The lowest BCUT2D eigenvalue weighted by atomic mass is 10.7. The van der Waals surface area contributed by atoms with E-state index in [1.165, 1.54) is 0 Å². The summed E-state index contributed by atoms with van der Waals surface area (Å²) in [5, 5.41) is -1.94. The molecule has 9 heteroatoms. The van der Waals surface area contributed by atoms with Crippen LogP contribution < -0.4 is 0 Å². The zero-order valence-corrected chi connectivity index (χ0v) is 8.88. The van der Waals surface area contributed by atoms with Gasteiger partial charge in [0.05, 0.1) is 4.47 Å². The lowest BCUT2D eigenvalue weighted by Gasteiger charge is -2.39. The zero-order chi connectivity index (χ0) is 10.4. The molecular weight excluding hydrogens is 299 g/mol. The van der Waals surface area contributed by atoms with E-state index in [0.717, 1.165) is 12.4 Å². The summed E-state index contributed by atoms with van der Waals surface area (Å²) in [5.74, 6) is 0. The average molecular weight is 301 g/mol. The third-order valence-corrected chi connectivity index (χ3v) is 2.67. The topological polar surface area (TPSA) is 25.8 Å². The fraction of sp³-hybridized carbons (Fsp3) is 0. The molecule has 0 aromatic carbocycles. The van der Waals surface area contributed by atoms with Gasteiger partial charge in [-0.15, -0.1) is 15.5 Å². The highest BCUT2D eigenvalue weighted by atomic mass is 79.9. The first-order chi connectivity index (χ1) is 5.49. The van der Waals surface area contributed by atoms with Crippen LogP contribution in [-0.4, -0.2) is 9.97 Å². The first-order valence-electron chi connectivity index (χ1n) is 2.71. The van der Waals surface area contributed by atoms with Gasteiger partial charge in [-0.05, 0) is 15.9 Å². The Kier molecular flexibility index (Phi) is 1.94. The van der Waals surface area contributed by atoms with Crippen LogP contribution in [0.5, 0.6) is 0 Å². The van der Waals surface area contributed by atoms with E-state index in [1.54, 1.807) is 0 Å². The van der Waals surface area contributed by atoms with Gasteiger partial charge in [0.15, 0.2) is 0 Å². The van der Waals surface area contributed by atoms with Crippen LogP contribution in [0.2, 0.25) is 0 Å². The molecule has 1 heterocycles. The second-order valence-corrected chi connectivity index (χ2v) is 7.23. The van der Waals surface area contributed by atoms with Crippen molar-refractivity contribution in [1.82, 2.24) is 9.97 Å². The Morgan fingerprint density at radius 2 is 1.54 bits per heavy atom. The highest BCUT2D eigenvalue weighted by molar-refractivity contribution is 9.10. The standard InChI is InChI=1S/C4H2BrClF4N2S/c5-3-1-11-4(12-2-3)13(6,7,8,9)10/h1-2H. The summed E-state index contributed by atoms with van der Waals surface area (Å²) in [4.78, 5) is 5.51. The molecule has 2 nitrogen and oxygen atoms in total. The highest BCUT2D eigenvalue weighted by Gasteiger charge is 2.66. The molecule has 0 amide bonds. The molecule has 0 saturated heterocycles. The van der Waals surface area contributed by atoms with Gasteiger partial charge in [-0.2, -0.15) is 0 Å². The molecule has 0 N–H and O–H groups in total. The summed E-state index contributed by atoms with van der Waals surface area (Å²) < 4.78 is 49.7. The Bertz CT molecular complexity index is 334. The maximum Gasteiger partial charge on any atom is 0.283 e. The van der Waals surface area contributed by atoms with Gasteiger partial charge in [-0.3, -0.25) is 0 Å². The lowest BCUT2D eigenvalue weighted by molar-refractivity contribution is 0.463. The first kappa shape index (κ1) is 11.0. The Morgan fingerprint density at radius 3 is 1.85 bits per heavy atom. The molecular formula is C4H2BrClF4N2S. The molecule has 0 aliphatic rings. The van der Waals surface area contributed by atoms with Gasteiger partial charge < -0.3 is 0 Å². The molecule has 0 radical (unpaired) electrons. The first-order valence-corrected chi connectivity index (χ1v) is 6.38. The number of halogens is 6. The van der Waals surface area contributed by atoms with E-state index in [2.05, 4.69) is 36.6 Å². The molecule has 1 aromatic rings. The molecule has 0 bridgehead atoms. The number of aromatic nitrogens is 2. The monoisotopic (exact) mass is 300 g/mol. The Morgan fingerprint density at radius 1 is 1.15 bits per heavy atom. The van der Waals surface area contributed by atoms with Crippen LogP contribution in [0.1, 0.15) is 0 Å². The molecule has 0 spiro atoms. The van der Waals surface area contributed by atoms with Gasteiger partial charge in [-0.25, -0.2) is 9.97 Å². The summed E-state index contributed by atoms with van der Waals surface area (Å²) in [6.45, 7) is 0.